The maximum Gasteiger partial charge on any atom is 0.118 e. The van der Waals surface area contributed by atoms with Crippen LogP contribution in [-0.4, -0.2) is 19.5 Å². The van der Waals surface area contributed by atoms with Gasteiger partial charge in [0.2, 0.25) is 0 Å². The van der Waals surface area contributed by atoms with Crippen LogP contribution in [0.2, 0.25) is 0 Å². The number of rotatable bonds is 8. The molecule has 174 valence electrons. The Kier molecular flexibility index (Phi) is 8.38. The second kappa shape index (κ2) is 11.0. The SMILES string of the molecule is COc1ccc(C(=Pc2c(C(C)C)cc(C(C)C)cc2C(C)C)c2ccc(OC)cc2)cc1. The molecular formula is C30H37O2P. The quantitative estimate of drug-likeness (QED) is 0.318. The van der Waals surface area contributed by atoms with Crippen LogP contribution in [0.5, 0.6) is 11.5 Å². The lowest BCUT2D eigenvalue weighted by Crippen LogP contribution is -2.16. The number of benzene rings is 3. The second-order valence-electron chi connectivity index (χ2n) is 9.43. The van der Waals surface area contributed by atoms with Gasteiger partial charge < -0.3 is 9.47 Å². The summed E-state index contributed by atoms with van der Waals surface area (Å²) in [6.45, 7) is 13.8. The van der Waals surface area contributed by atoms with Gasteiger partial charge in [0.1, 0.15) is 11.5 Å². The summed E-state index contributed by atoms with van der Waals surface area (Å²) in [5, 5.41) is 2.73. The number of ether oxygens (including phenoxy) is 2. The van der Waals surface area contributed by atoms with E-state index in [9.17, 15) is 0 Å². The topological polar surface area (TPSA) is 18.5 Å². The van der Waals surface area contributed by atoms with Gasteiger partial charge in [0.25, 0.3) is 0 Å². The van der Waals surface area contributed by atoms with Gasteiger partial charge >= 0.3 is 0 Å². The highest BCUT2D eigenvalue weighted by molar-refractivity contribution is 7.50. The molecule has 2 nitrogen and oxygen atoms in total. The van der Waals surface area contributed by atoms with E-state index in [0.29, 0.717) is 17.8 Å². The van der Waals surface area contributed by atoms with E-state index < -0.39 is 0 Å². The summed E-state index contributed by atoms with van der Waals surface area (Å²) in [4.78, 5) is 0. The van der Waals surface area contributed by atoms with Gasteiger partial charge in [0, 0.05) is 10.6 Å². The third-order valence-corrected chi connectivity index (χ3v) is 7.53. The average molecular weight is 461 g/mol. The third kappa shape index (κ3) is 5.87. The number of methoxy groups -OCH3 is 2. The van der Waals surface area contributed by atoms with E-state index in [2.05, 4.69) is 77.9 Å². The van der Waals surface area contributed by atoms with Gasteiger partial charge in [-0.2, -0.15) is 0 Å². The highest BCUT2D eigenvalue weighted by Crippen LogP contribution is 2.31. The fourth-order valence-electron chi connectivity index (χ4n) is 3.95. The molecule has 0 aliphatic rings. The molecule has 3 rings (SSSR count). The molecule has 0 heterocycles. The van der Waals surface area contributed by atoms with E-state index in [0.717, 1.165) is 11.5 Å². The van der Waals surface area contributed by atoms with E-state index in [1.165, 1.54) is 46.6 Å². The summed E-state index contributed by atoms with van der Waals surface area (Å²) < 4.78 is 10.8. The fourth-order valence-corrected chi connectivity index (χ4v) is 5.64. The molecule has 0 aliphatic heterocycles. The lowest BCUT2D eigenvalue weighted by molar-refractivity contribution is 0.414. The third-order valence-electron chi connectivity index (χ3n) is 6.05. The lowest BCUT2D eigenvalue weighted by Gasteiger charge is -2.22. The first-order valence-electron chi connectivity index (χ1n) is 11.8. The molecule has 0 bridgehead atoms. The molecule has 0 amide bonds. The van der Waals surface area contributed by atoms with Crippen molar-refractivity contribution in [2.24, 2.45) is 0 Å². The minimum absolute atomic E-state index is 0.455. The second-order valence-corrected chi connectivity index (χ2v) is 10.5. The van der Waals surface area contributed by atoms with Gasteiger partial charge in [0.05, 0.1) is 14.2 Å². The van der Waals surface area contributed by atoms with Gasteiger partial charge in [-0.05, 0) is 69.8 Å². The molecular weight excluding hydrogens is 423 g/mol. The van der Waals surface area contributed by atoms with Crippen LogP contribution in [0.25, 0.3) is 0 Å². The Morgan fingerprint density at radius 2 is 1.00 bits per heavy atom. The van der Waals surface area contributed by atoms with Crippen molar-refractivity contribution in [3.63, 3.8) is 0 Å². The molecule has 0 aromatic heterocycles. The molecule has 0 unspecified atom stereocenters. The molecule has 0 saturated carbocycles. The number of hydrogen-bond donors (Lipinski definition) is 0. The molecule has 0 atom stereocenters. The average Bonchev–Trinajstić information content (AvgIpc) is 2.82. The van der Waals surface area contributed by atoms with E-state index in [4.69, 9.17) is 9.47 Å². The van der Waals surface area contributed by atoms with E-state index in [1.807, 2.05) is 24.3 Å². The first-order chi connectivity index (χ1) is 15.7. The minimum atomic E-state index is 0.455. The Bertz CT molecular complexity index is 1010. The van der Waals surface area contributed by atoms with Gasteiger partial charge in [0.15, 0.2) is 0 Å². The molecule has 33 heavy (non-hydrogen) atoms. The van der Waals surface area contributed by atoms with Crippen LogP contribution >= 0.6 is 8.20 Å². The van der Waals surface area contributed by atoms with Crippen molar-refractivity contribution in [1.82, 2.24) is 0 Å². The summed E-state index contributed by atoms with van der Waals surface area (Å²) in [5.74, 6) is 3.17. The Morgan fingerprint density at radius 1 is 0.606 bits per heavy atom. The van der Waals surface area contributed by atoms with Crippen molar-refractivity contribution in [2.75, 3.05) is 14.2 Å². The Hall–Kier alpha value is -2.57. The maximum absolute atomic E-state index is 5.41. The summed E-state index contributed by atoms with van der Waals surface area (Å²) in [7, 11) is 4.64. The maximum atomic E-state index is 5.41. The predicted molar refractivity (Wildman–Crippen MR) is 144 cm³/mol. The summed E-state index contributed by atoms with van der Waals surface area (Å²) in [6, 6.07) is 21.7. The molecule has 0 radical (unpaired) electrons. The van der Waals surface area contributed by atoms with E-state index in [-0.39, 0.29) is 0 Å². The zero-order valence-corrected chi connectivity index (χ0v) is 22.2. The molecule has 0 spiro atoms. The van der Waals surface area contributed by atoms with Gasteiger partial charge in [-0.25, -0.2) is 0 Å². The number of hydrogen-bond acceptors (Lipinski definition) is 2. The molecule has 0 saturated heterocycles. The zero-order valence-electron chi connectivity index (χ0n) is 21.3. The molecule has 3 aromatic carbocycles. The zero-order chi connectivity index (χ0) is 24.1. The predicted octanol–water partition coefficient (Wildman–Crippen LogP) is 7.91. The van der Waals surface area contributed by atoms with Crippen LogP contribution in [-0.2, 0) is 0 Å². The van der Waals surface area contributed by atoms with Crippen LogP contribution < -0.4 is 14.8 Å². The fraction of sp³-hybridized carbons (Fsp3) is 0.367. The van der Waals surface area contributed by atoms with Crippen LogP contribution in [0.4, 0.5) is 0 Å². The Morgan fingerprint density at radius 3 is 1.30 bits per heavy atom. The van der Waals surface area contributed by atoms with Crippen LogP contribution in [0.1, 0.15) is 87.1 Å². The van der Waals surface area contributed by atoms with Gasteiger partial charge in [-0.15, -0.1) is 0 Å². The lowest BCUT2D eigenvalue weighted by atomic mass is 9.89. The van der Waals surface area contributed by atoms with E-state index >= 15 is 0 Å². The molecule has 0 fully saturated rings. The van der Waals surface area contributed by atoms with Crippen molar-refractivity contribution < 1.29 is 9.47 Å². The standard InChI is InChI=1S/C30H37O2P/c1-19(2)24-17-27(20(3)4)30(28(18-24)21(5)6)33-29(22-9-13-25(31-7)14-10-22)23-11-15-26(32-8)16-12-23/h9-21H,1-8H3. The van der Waals surface area contributed by atoms with Crippen LogP contribution in [0, 0.1) is 0 Å². The van der Waals surface area contributed by atoms with Crippen molar-refractivity contribution in [1.29, 1.82) is 0 Å². The van der Waals surface area contributed by atoms with Gasteiger partial charge in [-0.3, -0.25) is 0 Å². The Labute approximate surface area is 201 Å². The molecule has 3 aromatic rings. The van der Waals surface area contributed by atoms with E-state index in [1.54, 1.807) is 14.2 Å². The summed E-state index contributed by atoms with van der Waals surface area (Å²) >= 11 is 0. The normalized spacial score (nSPS) is 11.5. The monoisotopic (exact) mass is 460 g/mol. The highest BCUT2D eigenvalue weighted by atomic mass is 31.1. The smallest absolute Gasteiger partial charge is 0.118 e. The molecule has 0 aliphatic carbocycles. The Balaban J connectivity index is 2.30. The minimum Gasteiger partial charge on any atom is -0.497 e. The molecule has 3 heteroatoms. The van der Waals surface area contributed by atoms with Gasteiger partial charge in [-0.1, -0.05) is 86.1 Å². The first-order valence-corrected chi connectivity index (χ1v) is 12.7. The highest BCUT2D eigenvalue weighted by Gasteiger charge is 2.18. The van der Waals surface area contributed by atoms with Crippen molar-refractivity contribution in [2.45, 2.75) is 59.3 Å². The largest absolute Gasteiger partial charge is 0.497 e. The summed E-state index contributed by atoms with van der Waals surface area (Å²) in [6.07, 6.45) is 0. The van der Waals surface area contributed by atoms with Crippen molar-refractivity contribution >= 4 is 18.8 Å². The molecule has 0 N–H and O–H groups in total. The van der Waals surface area contributed by atoms with Crippen molar-refractivity contribution in [3.05, 3.63) is 88.5 Å². The van der Waals surface area contributed by atoms with Crippen LogP contribution in [0.3, 0.4) is 0 Å². The summed E-state index contributed by atoms with van der Waals surface area (Å²) in [5.41, 5.74) is 6.74. The van der Waals surface area contributed by atoms with Crippen LogP contribution in [0.15, 0.2) is 60.7 Å². The first kappa shape index (κ1) is 25.1. The van der Waals surface area contributed by atoms with Crippen molar-refractivity contribution in [3.8, 4) is 11.5 Å².